The van der Waals surface area contributed by atoms with Gasteiger partial charge in [-0.1, -0.05) is 30.3 Å². The predicted octanol–water partition coefficient (Wildman–Crippen LogP) is 3.28. The molecule has 1 saturated heterocycles. The van der Waals surface area contributed by atoms with Gasteiger partial charge < -0.3 is 10.2 Å². The summed E-state index contributed by atoms with van der Waals surface area (Å²) in [6, 6.07) is 16.8. The topological polar surface area (TPSA) is 60.8 Å². The largest absolute Gasteiger partial charge is 0.508 e. The molecule has 1 aliphatic carbocycles. The minimum Gasteiger partial charge on any atom is -0.508 e. The summed E-state index contributed by atoms with van der Waals surface area (Å²) < 4.78 is 0. The van der Waals surface area contributed by atoms with Crippen molar-refractivity contribution in [1.82, 2.24) is 4.90 Å². The van der Waals surface area contributed by atoms with E-state index in [0.717, 1.165) is 38.8 Å². The molecule has 1 aliphatic heterocycles. The second-order valence-electron chi connectivity index (χ2n) is 8.30. The van der Waals surface area contributed by atoms with E-state index in [1.807, 2.05) is 18.2 Å². The number of likely N-dealkylation sites (tertiary alicyclic amines) is 1. The summed E-state index contributed by atoms with van der Waals surface area (Å²) in [5.74, 6) is 1.24. The summed E-state index contributed by atoms with van der Waals surface area (Å²) in [7, 11) is 0. The number of carbonyl (C=O) groups excluding carboxylic acids is 1. The van der Waals surface area contributed by atoms with Crippen molar-refractivity contribution < 1.29 is 15.0 Å². The number of rotatable bonds is 6. The molecule has 142 valence electrons. The van der Waals surface area contributed by atoms with Gasteiger partial charge in [-0.2, -0.15) is 0 Å². The van der Waals surface area contributed by atoms with Crippen LogP contribution in [0.25, 0.3) is 0 Å². The monoisotopic (exact) mass is 365 g/mol. The van der Waals surface area contributed by atoms with E-state index in [1.165, 1.54) is 5.56 Å². The number of carbonyl (C=O) groups is 1. The van der Waals surface area contributed by atoms with Crippen molar-refractivity contribution in [2.75, 3.05) is 19.6 Å². The van der Waals surface area contributed by atoms with Crippen molar-refractivity contribution in [1.29, 1.82) is 0 Å². The zero-order valence-corrected chi connectivity index (χ0v) is 15.6. The van der Waals surface area contributed by atoms with Gasteiger partial charge in [0.1, 0.15) is 5.75 Å². The Bertz CT molecular complexity index is 773. The van der Waals surface area contributed by atoms with Gasteiger partial charge in [0.25, 0.3) is 0 Å². The maximum absolute atomic E-state index is 12.4. The van der Waals surface area contributed by atoms with Gasteiger partial charge in [-0.15, -0.1) is 0 Å². The molecule has 4 nitrogen and oxygen atoms in total. The maximum atomic E-state index is 12.4. The van der Waals surface area contributed by atoms with E-state index in [4.69, 9.17) is 0 Å². The number of nitrogens with zero attached hydrogens (tertiary/aromatic N) is 1. The van der Waals surface area contributed by atoms with Crippen LogP contribution in [0.2, 0.25) is 0 Å². The van der Waals surface area contributed by atoms with E-state index >= 15 is 0 Å². The van der Waals surface area contributed by atoms with E-state index in [9.17, 15) is 15.0 Å². The van der Waals surface area contributed by atoms with Crippen molar-refractivity contribution >= 4 is 5.78 Å². The molecule has 27 heavy (non-hydrogen) atoms. The van der Waals surface area contributed by atoms with E-state index < -0.39 is 5.60 Å². The molecule has 1 unspecified atom stereocenters. The zero-order valence-electron chi connectivity index (χ0n) is 15.6. The molecule has 2 aromatic carbocycles. The standard InChI is InChI=1S/C23H27NO3/c25-21-8-6-18(7-9-21)22(26)16-24-14-19-12-23(27,13-20(19)15-24)11-10-17-4-2-1-3-5-17/h1-9,19-20,25,27H,10-16H2/t19-,20+,23?. The molecule has 1 saturated carbocycles. The first-order valence-corrected chi connectivity index (χ1v) is 9.82. The lowest BCUT2D eigenvalue weighted by atomic mass is 9.91. The number of Topliss-reactive ketones (excluding diaryl/α,β-unsaturated/α-hetero) is 1. The second-order valence-corrected chi connectivity index (χ2v) is 8.30. The predicted molar refractivity (Wildman–Crippen MR) is 105 cm³/mol. The van der Waals surface area contributed by atoms with Crippen molar-refractivity contribution in [2.45, 2.75) is 31.3 Å². The third-order valence-corrected chi connectivity index (χ3v) is 6.21. The number of aromatic hydroxyl groups is 1. The van der Waals surface area contributed by atoms with Gasteiger partial charge in [0.15, 0.2) is 5.78 Å². The quantitative estimate of drug-likeness (QED) is 0.772. The van der Waals surface area contributed by atoms with E-state index in [1.54, 1.807) is 24.3 Å². The fraction of sp³-hybridized carbons (Fsp3) is 0.435. The molecule has 2 aliphatic rings. The van der Waals surface area contributed by atoms with Crippen LogP contribution in [0, 0.1) is 11.8 Å². The Balaban J connectivity index is 1.29. The Morgan fingerprint density at radius 1 is 1.00 bits per heavy atom. The number of aryl methyl sites for hydroxylation is 1. The lowest BCUT2D eigenvalue weighted by Crippen LogP contribution is -2.33. The Kier molecular flexibility index (Phi) is 5.02. The van der Waals surface area contributed by atoms with Crippen molar-refractivity contribution in [3.63, 3.8) is 0 Å². The lowest BCUT2D eigenvalue weighted by molar-refractivity contribution is 0.0271. The molecule has 2 N–H and O–H groups in total. The Morgan fingerprint density at radius 3 is 2.26 bits per heavy atom. The third kappa shape index (κ3) is 4.23. The molecule has 2 fully saturated rings. The first-order chi connectivity index (χ1) is 13.0. The molecular formula is C23H27NO3. The fourth-order valence-corrected chi connectivity index (χ4v) is 4.85. The number of hydrogen-bond acceptors (Lipinski definition) is 4. The van der Waals surface area contributed by atoms with E-state index in [0.29, 0.717) is 23.9 Å². The van der Waals surface area contributed by atoms with Gasteiger partial charge in [0.05, 0.1) is 12.1 Å². The number of phenolic OH excluding ortho intramolecular Hbond substituents is 1. The number of aliphatic hydroxyl groups is 1. The average molecular weight is 365 g/mol. The zero-order chi connectivity index (χ0) is 18.9. The highest BCUT2D eigenvalue weighted by atomic mass is 16.3. The highest BCUT2D eigenvalue weighted by Gasteiger charge is 2.47. The number of fused-ring (bicyclic) bond motifs is 1. The van der Waals surface area contributed by atoms with Crippen molar-refractivity contribution in [3.05, 3.63) is 65.7 Å². The van der Waals surface area contributed by atoms with Gasteiger partial charge in [0.2, 0.25) is 0 Å². The van der Waals surface area contributed by atoms with Crippen LogP contribution in [0.5, 0.6) is 5.75 Å². The smallest absolute Gasteiger partial charge is 0.176 e. The number of hydrogen-bond donors (Lipinski definition) is 2. The summed E-state index contributed by atoms with van der Waals surface area (Å²) >= 11 is 0. The molecule has 3 atom stereocenters. The molecule has 0 spiro atoms. The molecule has 0 aromatic heterocycles. The summed E-state index contributed by atoms with van der Waals surface area (Å²) in [5, 5.41) is 20.4. The number of ketones is 1. The molecule has 0 radical (unpaired) electrons. The van der Waals surface area contributed by atoms with Crippen LogP contribution in [0.3, 0.4) is 0 Å². The second kappa shape index (κ2) is 7.45. The van der Waals surface area contributed by atoms with Gasteiger partial charge in [-0.25, -0.2) is 0 Å². The number of benzene rings is 2. The molecule has 1 heterocycles. The third-order valence-electron chi connectivity index (χ3n) is 6.21. The molecular weight excluding hydrogens is 338 g/mol. The molecule has 0 bridgehead atoms. The summed E-state index contributed by atoms with van der Waals surface area (Å²) in [5.41, 5.74) is 1.37. The molecule has 4 rings (SSSR count). The Labute approximate surface area is 160 Å². The minimum absolute atomic E-state index is 0.0920. The first kappa shape index (κ1) is 18.2. The Morgan fingerprint density at radius 2 is 1.63 bits per heavy atom. The van der Waals surface area contributed by atoms with Crippen LogP contribution in [-0.4, -0.2) is 46.1 Å². The Hall–Kier alpha value is -2.17. The molecule has 2 aromatic rings. The fourth-order valence-electron chi connectivity index (χ4n) is 4.85. The molecule has 0 amide bonds. The maximum Gasteiger partial charge on any atom is 0.176 e. The summed E-state index contributed by atoms with van der Waals surface area (Å²) in [6.45, 7) is 2.20. The highest BCUT2D eigenvalue weighted by molar-refractivity contribution is 5.97. The van der Waals surface area contributed by atoms with Crippen LogP contribution >= 0.6 is 0 Å². The average Bonchev–Trinajstić information content (AvgIpc) is 3.16. The SMILES string of the molecule is O=C(CN1C[C@@H]2CC(O)(CCc3ccccc3)C[C@@H]2C1)c1ccc(O)cc1. The van der Waals surface area contributed by atoms with Crippen LogP contribution in [0.15, 0.2) is 54.6 Å². The summed E-state index contributed by atoms with van der Waals surface area (Å²) in [6.07, 6.45) is 3.42. The summed E-state index contributed by atoms with van der Waals surface area (Å²) in [4.78, 5) is 14.7. The van der Waals surface area contributed by atoms with Crippen LogP contribution in [-0.2, 0) is 6.42 Å². The normalized spacial score (nSPS) is 27.6. The van der Waals surface area contributed by atoms with Crippen LogP contribution < -0.4 is 0 Å². The minimum atomic E-state index is -0.557. The van der Waals surface area contributed by atoms with Gasteiger partial charge >= 0.3 is 0 Å². The van der Waals surface area contributed by atoms with Gasteiger partial charge in [-0.3, -0.25) is 9.69 Å². The van der Waals surface area contributed by atoms with E-state index in [-0.39, 0.29) is 11.5 Å². The van der Waals surface area contributed by atoms with Crippen LogP contribution in [0.1, 0.15) is 35.2 Å². The van der Waals surface area contributed by atoms with E-state index in [2.05, 4.69) is 17.0 Å². The van der Waals surface area contributed by atoms with Crippen LogP contribution in [0.4, 0.5) is 0 Å². The number of phenols is 1. The van der Waals surface area contributed by atoms with Gasteiger partial charge in [-0.05, 0) is 67.3 Å². The first-order valence-electron chi connectivity index (χ1n) is 9.82. The lowest BCUT2D eigenvalue weighted by Gasteiger charge is -2.26. The molecule has 4 heteroatoms. The van der Waals surface area contributed by atoms with Gasteiger partial charge in [0, 0.05) is 18.7 Å². The highest BCUT2D eigenvalue weighted by Crippen LogP contribution is 2.45. The van der Waals surface area contributed by atoms with Crippen molar-refractivity contribution in [3.8, 4) is 5.75 Å². The van der Waals surface area contributed by atoms with Crippen molar-refractivity contribution in [2.24, 2.45) is 11.8 Å².